The van der Waals surface area contributed by atoms with Crippen LogP contribution in [-0.4, -0.2) is 17.1 Å². The molecule has 0 saturated heterocycles. The third-order valence-electron chi connectivity index (χ3n) is 4.93. The molecule has 1 aliphatic rings. The van der Waals surface area contributed by atoms with Gasteiger partial charge in [-0.25, -0.2) is 9.79 Å². The number of benzene rings is 2. The zero-order chi connectivity index (χ0) is 21.8. The highest BCUT2D eigenvalue weighted by molar-refractivity contribution is 7.07. The first-order valence-corrected chi connectivity index (χ1v) is 10.9. The van der Waals surface area contributed by atoms with Crippen molar-refractivity contribution in [3.63, 3.8) is 0 Å². The Balaban J connectivity index is 1.88. The molecule has 0 unspecified atom stereocenters. The Bertz CT molecular complexity index is 1330. The maximum absolute atomic E-state index is 13.3. The molecular weight excluding hydrogens is 408 g/mol. The molecule has 0 aliphatic carbocycles. The van der Waals surface area contributed by atoms with Crippen molar-refractivity contribution in [2.75, 3.05) is 6.61 Å². The molecule has 0 bridgehead atoms. The van der Waals surface area contributed by atoms with Crippen LogP contribution in [0, 0.1) is 0 Å². The fourth-order valence-electron chi connectivity index (χ4n) is 3.48. The third-order valence-corrected chi connectivity index (χ3v) is 5.91. The lowest BCUT2D eigenvalue weighted by atomic mass is 10.0. The van der Waals surface area contributed by atoms with E-state index >= 15 is 0 Å². The number of carbonyl (C=O) groups is 1. The maximum atomic E-state index is 13.3. The first-order valence-electron chi connectivity index (χ1n) is 10.1. The number of nitrogens with zero attached hydrogens (tertiary/aromatic N) is 2. The molecule has 0 N–H and O–H groups in total. The molecule has 0 amide bonds. The molecule has 31 heavy (non-hydrogen) atoms. The molecule has 0 fully saturated rings. The lowest BCUT2D eigenvalue weighted by Gasteiger charge is -2.21. The normalized spacial score (nSPS) is 16.3. The highest BCUT2D eigenvalue weighted by Crippen LogP contribution is 2.26. The molecule has 156 valence electrons. The Hall–Kier alpha value is -3.51. The van der Waals surface area contributed by atoms with Crippen LogP contribution in [0.15, 0.2) is 87.8 Å². The van der Waals surface area contributed by atoms with E-state index in [9.17, 15) is 9.59 Å². The number of rotatable bonds is 5. The largest absolute Gasteiger partial charge is 0.463 e. The summed E-state index contributed by atoms with van der Waals surface area (Å²) < 4.78 is 7.43. The number of aromatic nitrogens is 1. The van der Waals surface area contributed by atoms with Crippen LogP contribution >= 0.6 is 11.3 Å². The first-order chi connectivity index (χ1) is 15.1. The summed E-state index contributed by atoms with van der Waals surface area (Å²) in [5.74, 6) is -0.455. The SMILES string of the molecule is CCOC(=O)C1=C(C)N=c2s/c(=C/c3ccccc3)c(=O)n2[C@@H]1/C=C/c1ccccc1. The Morgan fingerprint density at radius 1 is 1.10 bits per heavy atom. The van der Waals surface area contributed by atoms with Crippen molar-refractivity contribution in [2.24, 2.45) is 4.99 Å². The number of allylic oxidation sites excluding steroid dienone is 2. The van der Waals surface area contributed by atoms with Gasteiger partial charge in [0.05, 0.1) is 28.5 Å². The fraction of sp³-hybridized carbons (Fsp3) is 0.160. The summed E-state index contributed by atoms with van der Waals surface area (Å²) in [6.07, 6.45) is 5.63. The van der Waals surface area contributed by atoms with Crippen molar-refractivity contribution >= 4 is 29.5 Å². The molecule has 2 heterocycles. The molecule has 0 spiro atoms. The summed E-state index contributed by atoms with van der Waals surface area (Å²) in [5.41, 5.74) is 2.68. The van der Waals surface area contributed by atoms with Crippen LogP contribution in [0.1, 0.15) is 31.0 Å². The number of hydrogen-bond acceptors (Lipinski definition) is 5. The smallest absolute Gasteiger partial charge is 0.338 e. The van der Waals surface area contributed by atoms with E-state index in [4.69, 9.17) is 4.74 Å². The highest BCUT2D eigenvalue weighted by atomic mass is 32.1. The minimum Gasteiger partial charge on any atom is -0.463 e. The van der Waals surface area contributed by atoms with Crippen LogP contribution in [0.3, 0.4) is 0 Å². The van der Waals surface area contributed by atoms with Gasteiger partial charge in [-0.2, -0.15) is 0 Å². The second-order valence-electron chi connectivity index (χ2n) is 7.03. The van der Waals surface area contributed by atoms with Crippen molar-refractivity contribution in [3.8, 4) is 0 Å². The summed E-state index contributed by atoms with van der Waals surface area (Å²) >= 11 is 1.32. The van der Waals surface area contributed by atoms with Gasteiger partial charge in [0, 0.05) is 0 Å². The average molecular weight is 431 g/mol. The maximum Gasteiger partial charge on any atom is 0.338 e. The molecule has 3 aromatic rings. The molecule has 1 aliphatic heterocycles. The molecule has 1 aromatic heterocycles. The first kappa shape index (κ1) is 20.8. The number of thiazole rings is 1. The molecule has 2 aromatic carbocycles. The van der Waals surface area contributed by atoms with E-state index in [1.807, 2.05) is 78.9 Å². The van der Waals surface area contributed by atoms with E-state index in [-0.39, 0.29) is 12.2 Å². The topological polar surface area (TPSA) is 60.7 Å². The van der Waals surface area contributed by atoms with Gasteiger partial charge in [-0.1, -0.05) is 84.2 Å². The molecule has 4 rings (SSSR count). The highest BCUT2D eigenvalue weighted by Gasteiger charge is 2.30. The van der Waals surface area contributed by atoms with Crippen LogP contribution in [0.4, 0.5) is 0 Å². The minimum absolute atomic E-state index is 0.176. The molecular formula is C25H22N2O3S. The zero-order valence-electron chi connectivity index (χ0n) is 17.3. The number of ether oxygens (including phenoxy) is 1. The fourth-order valence-corrected chi connectivity index (χ4v) is 4.54. The zero-order valence-corrected chi connectivity index (χ0v) is 18.1. The van der Waals surface area contributed by atoms with E-state index in [1.54, 1.807) is 18.4 Å². The van der Waals surface area contributed by atoms with E-state index in [2.05, 4.69) is 4.99 Å². The Morgan fingerprint density at radius 3 is 2.39 bits per heavy atom. The lowest BCUT2D eigenvalue weighted by molar-refractivity contribution is -0.139. The molecule has 6 heteroatoms. The van der Waals surface area contributed by atoms with Gasteiger partial charge in [-0.15, -0.1) is 0 Å². The number of esters is 1. The standard InChI is InChI=1S/C25H22N2O3S/c1-3-30-24(29)22-17(2)26-25-27(20(22)15-14-18-10-6-4-7-11-18)23(28)21(31-25)16-19-12-8-5-9-13-19/h4-16,20H,3H2,1-2H3/b15-14+,21-16+/t20-/m1/s1. The molecule has 1 atom stereocenters. The second-order valence-corrected chi connectivity index (χ2v) is 8.03. The van der Waals surface area contributed by atoms with E-state index in [0.29, 0.717) is 20.6 Å². The van der Waals surface area contributed by atoms with Crippen LogP contribution in [0.2, 0.25) is 0 Å². The van der Waals surface area contributed by atoms with Gasteiger partial charge in [0.1, 0.15) is 0 Å². The summed E-state index contributed by atoms with van der Waals surface area (Å²) in [6.45, 7) is 3.80. The molecule has 0 saturated carbocycles. The van der Waals surface area contributed by atoms with Crippen molar-refractivity contribution < 1.29 is 9.53 Å². The van der Waals surface area contributed by atoms with Crippen LogP contribution in [0.5, 0.6) is 0 Å². The average Bonchev–Trinajstić information content (AvgIpc) is 3.08. The van der Waals surface area contributed by atoms with Gasteiger partial charge in [-0.05, 0) is 31.1 Å². The summed E-state index contributed by atoms with van der Waals surface area (Å²) in [5, 5.41) is 0. The molecule has 0 radical (unpaired) electrons. The Morgan fingerprint density at radius 2 is 1.74 bits per heavy atom. The number of carbonyl (C=O) groups excluding carboxylic acids is 1. The van der Waals surface area contributed by atoms with E-state index in [1.165, 1.54) is 11.3 Å². The van der Waals surface area contributed by atoms with Gasteiger partial charge in [0.25, 0.3) is 5.56 Å². The Kier molecular flexibility index (Phi) is 6.09. The van der Waals surface area contributed by atoms with Gasteiger partial charge in [-0.3, -0.25) is 9.36 Å². The summed E-state index contributed by atoms with van der Waals surface area (Å²) in [6, 6.07) is 18.9. The van der Waals surface area contributed by atoms with Crippen LogP contribution in [-0.2, 0) is 9.53 Å². The van der Waals surface area contributed by atoms with Crippen molar-refractivity contribution in [1.29, 1.82) is 0 Å². The number of hydrogen-bond donors (Lipinski definition) is 0. The molecule has 5 nitrogen and oxygen atoms in total. The third kappa shape index (κ3) is 4.34. The van der Waals surface area contributed by atoms with E-state index < -0.39 is 12.0 Å². The van der Waals surface area contributed by atoms with Crippen molar-refractivity contribution in [3.05, 3.63) is 109 Å². The van der Waals surface area contributed by atoms with Crippen LogP contribution < -0.4 is 14.9 Å². The van der Waals surface area contributed by atoms with Gasteiger partial charge in [0.15, 0.2) is 4.80 Å². The lowest BCUT2D eigenvalue weighted by Crippen LogP contribution is -2.38. The van der Waals surface area contributed by atoms with Crippen LogP contribution in [0.25, 0.3) is 12.2 Å². The van der Waals surface area contributed by atoms with Gasteiger partial charge >= 0.3 is 5.97 Å². The predicted octanol–water partition coefficient (Wildman–Crippen LogP) is 3.46. The predicted molar refractivity (Wildman–Crippen MR) is 123 cm³/mol. The number of fused-ring (bicyclic) bond motifs is 1. The summed E-state index contributed by atoms with van der Waals surface area (Å²) in [4.78, 5) is 31.2. The van der Waals surface area contributed by atoms with Gasteiger partial charge < -0.3 is 4.74 Å². The monoisotopic (exact) mass is 430 g/mol. The quantitative estimate of drug-likeness (QED) is 0.583. The van der Waals surface area contributed by atoms with E-state index in [0.717, 1.165) is 11.1 Å². The summed E-state index contributed by atoms with van der Waals surface area (Å²) in [7, 11) is 0. The second kappa shape index (κ2) is 9.10. The van der Waals surface area contributed by atoms with Crippen molar-refractivity contribution in [2.45, 2.75) is 19.9 Å². The van der Waals surface area contributed by atoms with Crippen molar-refractivity contribution in [1.82, 2.24) is 4.57 Å². The minimum atomic E-state index is -0.589. The Labute approximate surface area is 184 Å². The van der Waals surface area contributed by atoms with Gasteiger partial charge in [0.2, 0.25) is 0 Å².